The molecule has 4 aromatic rings. The third kappa shape index (κ3) is 3.85. The van der Waals surface area contributed by atoms with Crippen LogP contribution in [0.15, 0.2) is 71.9 Å². The third-order valence-electron chi connectivity index (χ3n) is 5.04. The number of fused-ring (bicyclic) bond motifs is 1. The average Bonchev–Trinajstić information content (AvgIpc) is 2.84. The summed E-state index contributed by atoms with van der Waals surface area (Å²) in [6, 6.07) is 13.9. The molecule has 0 spiro atoms. The van der Waals surface area contributed by atoms with Crippen molar-refractivity contribution < 1.29 is 19.0 Å². The number of nitrogens with one attached hydrogen (secondary N) is 1. The van der Waals surface area contributed by atoms with E-state index in [0.717, 1.165) is 5.69 Å². The number of amides is 1. The van der Waals surface area contributed by atoms with E-state index in [1.54, 1.807) is 60.5 Å². The molecule has 1 amide bonds. The van der Waals surface area contributed by atoms with Crippen molar-refractivity contribution in [1.29, 1.82) is 0 Å². The molecule has 2 aromatic heterocycles. The maximum Gasteiger partial charge on any atom is 0.261 e. The van der Waals surface area contributed by atoms with E-state index in [0.29, 0.717) is 33.8 Å². The number of methoxy groups -OCH3 is 3. The van der Waals surface area contributed by atoms with Crippen LogP contribution in [0, 0.1) is 0 Å². The zero-order valence-electron chi connectivity index (χ0n) is 17.8. The number of ether oxygens (including phenoxy) is 3. The summed E-state index contributed by atoms with van der Waals surface area (Å²) in [5.41, 5.74) is 1.40. The highest BCUT2D eigenvalue weighted by Crippen LogP contribution is 2.32. The van der Waals surface area contributed by atoms with E-state index in [4.69, 9.17) is 14.2 Å². The van der Waals surface area contributed by atoms with Gasteiger partial charge in [-0.2, -0.15) is 0 Å². The van der Waals surface area contributed by atoms with Crippen LogP contribution in [0.25, 0.3) is 16.6 Å². The molecule has 1 N–H and O–H groups in total. The standard InChI is InChI=1S/C24H21N3O5/c1-30-17-6-4-16(5-7-17)27-14-19(24(29)26-15-8-10-25-11-9-15)23(28)18-12-21(31-2)22(32-3)13-20(18)27/h4-14H,1-3H3,(H,25,26,29). The molecule has 0 saturated heterocycles. The summed E-state index contributed by atoms with van der Waals surface area (Å²) in [7, 11) is 4.60. The van der Waals surface area contributed by atoms with Crippen molar-refractivity contribution in [2.75, 3.05) is 26.6 Å². The number of hydrogen-bond acceptors (Lipinski definition) is 6. The minimum atomic E-state index is -0.528. The Balaban J connectivity index is 1.95. The molecule has 2 aromatic carbocycles. The van der Waals surface area contributed by atoms with E-state index in [2.05, 4.69) is 10.3 Å². The summed E-state index contributed by atoms with van der Waals surface area (Å²) < 4.78 is 17.8. The molecule has 4 rings (SSSR count). The Morgan fingerprint density at radius 3 is 2.19 bits per heavy atom. The van der Waals surface area contributed by atoms with Crippen molar-refractivity contribution >= 4 is 22.5 Å². The Morgan fingerprint density at radius 1 is 0.906 bits per heavy atom. The first kappa shape index (κ1) is 20.9. The Morgan fingerprint density at radius 2 is 1.56 bits per heavy atom. The highest BCUT2D eigenvalue weighted by molar-refractivity contribution is 6.06. The van der Waals surface area contributed by atoms with Gasteiger partial charge in [0.05, 0.1) is 32.2 Å². The quantitative estimate of drug-likeness (QED) is 0.501. The molecular formula is C24H21N3O5. The fourth-order valence-corrected chi connectivity index (χ4v) is 3.40. The van der Waals surface area contributed by atoms with Gasteiger partial charge in [-0.15, -0.1) is 0 Å². The second-order valence-electron chi connectivity index (χ2n) is 6.85. The van der Waals surface area contributed by atoms with Gasteiger partial charge in [0, 0.05) is 36.0 Å². The van der Waals surface area contributed by atoms with Gasteiger partial charge in [0.15, 0.2) is 11.5 Å². The normalized spacial score (nSPS) is 10.6. The topological polar surface area (TPSA) is 91.7 Å². The molecule has 2 heterocycles. The molecule has 0 radical (unpaired) electrons. The molecule has 8 heteroatoms. The second-order valence-corrected chi connectivity index (χ2v) is 6.85. The molecule has 0 aliphatic heterocycles. The van der Waals surface area contributed by atoms with E-state index in [9.17, 15) is 9.59 Å². The monoisotopic (exact) mass is 431 g/mol. The SMILES string of the molecule is COc1ccc(-n2cc(C(=O)Nc3ccncc3)c(=O)c3cc(OC)c(OC)cc32)cc1. The van der Waals surface area contributed by atoms with E-state index >= 15 is 0 Å². The van der Waals surface area contributed by atoms with Crippen molar-refractivity contribution in [2.45, 2.75) is 0 Å². The molecule has 0 atom stereocenters. The summed E-state index contributed by atoms with van der Waals surface area (Å²) in [4.78, 5) is 30.3. The first-order chi connectivity index (χ1) is 15.5. The van der Waals surface area contributed by atoms with E-state index in [1.807, 2.05) is 12.1 Å². The number of rotatable bonds is 6. The highest BCUT2D eigenvalue weighted by atomic mass is 16.5. The van der Waals surface area contributed by atoms with Crippen LogP contribution in [0.2, 0.25) is 0 Å². The lowest BCUT2D eigenvalue weighted by Crippen LogP contribution is -2.23. The Labute approximate surface area is 184 Å². The predicted molar refractivity (Wildman–Crippen MR) is 121 cm³/mol. The zero-order chi connectivity index (χ0) is 22.7. The number of carbonyl (C=O) groups excluding carboxylic acids is 1. The second kappa shape index (κ2) is 8.81. The van der Waals surface area contributed by atoms with Crippen molar-refractivity contribution in [2.24, 2.45) is 0 Å². The number of carbonyl (C=O) groups is 1. The Bertz CT molecular complexity index is 1330. The van der Waals surface area contributed by atoms with Crippen LogP contribution in [-0.4, -0.2) is 36.8 Å². The van der Waals surface area contributed by atoms with Gasteiger partial charge in [0.2, 0.25) is 5.43 Å². The van der Waals surface area contributed by atoms with Gasteiger partial charge in [-0.05, 0) is 42.5 Å². The lowest BCUT2D eigenvalue weighted by Gasteiger charge is -2.16. The molecule has 0 saturated carbocycles. The average molecular weight is 431 g/mol. The minimum absolute atomic E-state index is 0.0163. The van der Waals surface area contributed by atoms with Crippen LogP contribution < -0.4 is 25.0 Å². The molecule has 162 valence electrons. The molecule has 8 nitrogen and oxygen atoms in total. The largest absolute Gasteiger partial charge is 0.497 e. The molecule has 0 aliphatic carbocycles. The first-order valence-electron chi connectivity index (χ1n) is 9.73. The van der Waals surface area contributed by atoms with Gasteiger partial charge in [0.1, 0.15) is 11.3 Å². The summed E-state index contributed by atoms with van der Waals surface area (Å²) in [5.74, 6) is 1.02. The third-order valence-corrected chi connectivity index (χ3v) is 5.04. The first-order valence-corrected chi connectivity index (χ1v) is 9.73. The van der Waals surface area contributed by atoms with Gasteiger partial charge >= 0.3 is 0 Å². The maximum absolute atomic E-state index is 13.3. The van der Waals surface area contributed by atoms with E-state index in [-0.39, 0.29) is 5.56 Å². The summed E-state index contributed by atoms with van der Waals surface area (Å²) in [6.07, 6.45) is 4.64. The molecule has 0 aliphatic rings. The summed E-state index contributed by atoms with van der Waals surface area (Å²) in [5, 5.41) is 3.06. The fourth-order valence-electron chi connectivity index (χ4n) is 3.40. The summed E-state index contributed by atoms with van der Waals surface area (Å²) >= 11 is 0. The van der Waals surface area contributed by atoms with Crippen LogP contribution in [0.3, 0.4) is 0 Å². The molecule has 0 fully saturated rings. The van der Waals surface area contributed by atoms with Gasteiger partial charge in [-0.1, -0.05) is 0 Å². The van der Waals surface area contributed by atoms with Crippen LogP contribution in [-0.2, 0) is 0 Å². The molecular weight excluding hydrogens is 410 g/mol. The van der Waals surface area contributed by atoms with Gasteiger partial charge in [-0.3, -0.25) is 14.6 Å². The number of pyridine rings is 2. The van der Waals surface area contributed by atoms with Gasteiger partial charge < -0.3 is 24.1 Å². The minimum Gasteiger partial charge on any atom is -0.497 e. The van der Waals surface area contributed by atoms with E-state index in [1.165, 1.54) is 20.4 Å². The van der Waals surface area contributed by atoms with Crippen LogP contribution in [0.5, 0.6) is 17.2 Å². The summed E-state index contributed by atoms with van der Waals surface area (Å²) in [6.45, 7) is 0. The Hall–Kier alpha value is -4.33. The molecule has 0 unspecified atom stereocenters. The van der Waals surface area contributed by atoms with Crippen molar-refractivity contribution in [3.8, 4) is 22.9 Å². The van der Waals surface area contributed by atoms with Gasteiger partial charge in [0.25, 0.3) is 5.91 Å². The number of benzene rings is 2. The van der Waals surface area contributed by atoms with Crippen LogP contribution >= 0.6 is 0 Å². The number of anilines is 1. The van der Waals surface area contributed by atoms with Crippen molar-refractivity contribution in [3.05, 3.63) is 82.9 Å². The molecule has 0 bridgehead atoms. The maximum atomic E-state index is 13.3. The van der Waals surface area contributed by atoms with Crippen LogP contribution in [0.4, 0.5) is 5.69 Å². The smallest absolute Gasteiger partial charge is 0.261 e. The van der Waals surface area contributed by atoms with Gasteiger partial charge in [-0.25, -0.2) is 0 Å². The highest BCUT2D eigenvalue weighted by Gasteiger charge is 2.19. The molecule has 32 heavy (non-hydrogen) atoms. The number of aromatic nitrogens is 2. The Kier molecular flexibility index (Phi) is 5.76. The van der Waals surface area contributed by atoms with E-state index < -0.39 is 11.3 Å². The lowest BCUT2D eigenvalue weighted by molar-refractivity contribution is 0.102. The van der Waals surface area contributed by atoms with Crippen LogP contribution in [0.1, 0.15) is 10.4 Å². The van der Waals surface area contributed by atoms with Crippen molar-refractivity contribution in [3.63, 3.8) is 0 Å². The lowest BCUT2D eigenvalue weighted by atomic mass is 10.1. The zero-order valence-corrected chi connectivity index (χ0v) is 17.8. The number of nitrogens with zero attached hydrogens (tertiary/aromatic N) is 2. The fraction of sp³-hybridized carbons (Fsp3) is 0.125. The number of hydrogen-bond donors (Lipinski definition) is 1. The van der Waals surface area contributed by atoms with Crippen molar-refractivity contribution in [1.82, 2.24) is 9.55 Å². The predicted octanol–water partition coefficient (Wildman–Crippen LogP) is 3.66.